The van der Waals surface area contributed by atoms with Gasteiger partial charge in [0.25, 0.3) is 0 Å². The van der Waals surface area contributed by atoms with E-state index in [0.29, 0.717) is 17.5 Å². The SMILES string of the molecule is c1ccc(-c2cccc(-c3ccc(-c4cc(-c5nc(-c6ccccc6)nc(-c6cccc(-n7c8ccccc8c8ccccc87)c6)n5)ccc4-n4c5ccccc5c5ccccc54)cc3)c2)cc1. The molecule has 5 heteroatoms. The molecule has 318 valence electrons. The van der Waals surface area contributed by atoms with Crippen molar-refractivity contribution in [2.24, 2.45) is 0 Å². The Morgan fingerprint density at radius 2 is 0.618 bits per heavy atom. The van der Waals surface area contributed by atoms with Gasteiger partial charge in [-0.2, -0.15) is 0 Å². The van der Waals surface area contributed by atoms with Crippen LogP contribution in [0.5, 0.6) is 0 Å². The van der Waals surface area contributed by atoms with E-state index in [4.69, 9.17) is 15.0 Å². The average molecular weight is 868 g/mol. The first-order valence-corrected chi connectivity index (χ1v) is 23.0. The van der Waals surface area contributed by atoms with Gasteiger partial charge in [0.05, 0.1) is 27.8 Å². The van der Waals surface area contributed by atoms with Crippen LogP contribution >= 0.6 is 0 Å². The number of para-hydroxylation sites is 4. The van der Waals surface area contributed by atoms with E-state index < -0.39 is 0 Å². The molecule has 0 aliphatic heterocycles. The molecule has 0 spiro atoms. The van der Waals surface area contributed by atoms with Gasteiger partial charge in [-0.15, -0.1) is 0 Å². The molecule has 0 saturated carbocycles. The number of nitrogens with zero attached hydrogens (tertiary/aromatic N) is 5. The zero-order chi connectivity index (χ0) is 45.0. The van der Waals surface area contributed by atoms with Crippen LogP contribution in [-0.4, -0.2) is 24.1 Å². The quantitative estimate of drug-likeness (QED) is 0.153. The first-order valence-electron chi connectivity index (χ1n) is 23.0. The van der Waals surface area contributed by atoms with E-state index in [-0.39, 0.29) is 0 Å². The van der Waals surface area contributed by atoms with Gasteiger partial charge in [-0.1, -0.05) is 188 Å². The van der Waals surface area contributed by atoms with Gasteiger partial charge in [-0.3, -0.25) is 0 Å². The molecule has 13 aromatic rings. The summed E-state index contributed by atoms with van der Waals surface area (Å²) >= 11 is 0. The monoisotopic (exact) mass is 867 g/mol. The lowest BCUT2D eigenvalue weighted by atomic mass is 9.95. The van der Waals surface area contributed by atoms with Crippen LogP contribution in [0.15, 0.2) is 249 Å². The molecule has 0 saturated heterocycles. The summed E-state index contributed by atoms with van der Waals surface area (Å²) in [6.07, 6.45) is 0. The molecule has 5 nitrogen and oxygen atoms in total. The number of aromatic nitrogens is 5. The maximum atomic E-state index is 5.32. The van der Waals surface area contributed by atoms with Crippen molar-refractivity contribution in [3.05, 3.63) is 249 Å². The highest BCUT2D eigenvalue weighted by Crippen LogP contribution is 2.40. The van der Waals surface area contributed by atoms with Crippen molar-refractivity contribution in [2.45, 2.75) is 0 Å². The largest absolute Gasteiger partial charge is 0.309 e. The third kappa shape index (κ3) is 6.76. The Hall–Kier alpha value is -9.19. The molecule has 0 aliphatic rings. The zero-order valence-electron chi connectivity index (χ0n) is 36.9. The molecule has 3 heterocycles. The van der Waals surface area contributed by atoms with Crippen LogP contribution < -0.4 is 0 Å². The maximum Gasteiger partial charge on any atom is 0.164 e. The number of hydrogen-bond donors (Lipinski definition) is 0. The molecule has 0 radical (unpaired) electrons. The molecule has 3 aromatic heterocycles. The van der Waals surface area contributed by atoms with Gasteiger partial charge in [0.2, 0.25) is 0 Å². The minimum absolute atomic E-state index is 0.598. The minimum atomic E-state index is 0.598. The summed E-state index contributed by atoms with van der Waals surface area (Å²) in [7, 11) is 0. The van der Waals surface area contributed by atoms with Gasteiger partial charge in [0.15, 0.2) is 17.5 Å². The lowest BCUT2D eigenvalue weighted by Gasteiger charge is -2.17. The number of fused-ring (bicyclic) bond motifs is 6. The Morgan fingerprint density at radius 1 is 0.235 bits per heavy atom. The normalized spacial score (nSPS) is 11.5. The van der Waals surface area contributed by atoms with Gasteiger partial charge < -0.3 is 9.13 Å². The fraction of sp³-hybridized carbons (Fsp3) is 0. The highest BCUT2D eigenvalue weighted by molar-refractivity contribution is 6.10. The molecule has 10 aromatic carbocycles. The maximum absolute atomic E-state index is 5.32. The lowest BCUT2D eigenvalue weighted by molar-refractivity contribution is 1.07. The van der Waals surface area contributed by atoms with E-state index >= 15 is 0 Å². The molecule has 0 amide bonds. The van der Waals surface area contributed by atoms with Gasteiger partial charge in [-0.25, -0.2) is 15.0 Å². The van der Waals surface area contributed by atoms with E-state index in [2.05, 4.69) is 240 Å². The van der Waals surface area contributed by atoms with Crippen LogP contribution in [0.2, 0.25) is 0 Å². The summed E-state index contributed by atoms with van der Waals surface area (Å²) < 4.78 is 4.73. The standard InChI is InChI=1S/C63H41N5/c1-3-17-42(18-4-1)46-21-15-22-47(39-46)43-33-35-44(36-34-43)55-41-49(37-38-60(55)68-58-31-13-9-27-53(58)54-28-10-14-32-59(54)68)63-65-61(45-19-5-2-6-20-45)64-62(66-63)48-23-16-24-50(40-48)67-56-29-11-7-25-51(56)52-26-8-12-30-57(52)67/h1-41H. The van der Waals surface area contributed by atoms with E-state index in [0.717, 1.165) is 66.8 Å². The molecule has 13 rings (SSSR count). The second-order valence-corrected chi connectivity index (χ2v) is 17.2. The minimum Gasteiger partial charge on any atom is -0.309 e. The lowest BCUT2D eigenvalue weighted by Crippen LogP contribution is -2.02. The van der Waals surface area contributed by atoms with Crippen molar-refractivity contribution in [1.29, 1.82) is 0 Å². The van der Waals surface area contributed by atoms with Crippen molar-refractivity contribution in [3.63, 3.8) is 0 Å². The van der Waals surface area contributed by atoms with Gasteiger partial charge >= 0.3 is 0 Å². The first-order chi connectivity index (χ1) is 33.7. The van der Waals surface area contributed by atoms with Crippen LogP contribution in [0.3, 0.4) is 0 Å². The molecule has 0 aliphatic carbocycles. The molecule has 0 N–H and O–H groups in total. The van der Waals surface area contributed by atoms with Crippen LogP contribution in [0.4, 0.5) is 0 Å². The molecular formula is C63H41N5. The summed E-state index contributed by atoms with van der Waals surface area (Å²) in [4.78, 5) is 15.7. The second kappa shape index (κ2) is 16.4. The summed E-state index contributed by atoms with van der Waals surface area (Å²) in [5, 5.41) is 4.86. The van der Waals surface area contributed by atoms with Crippen LogP contribution in [0, 0.1) is 0 Å². The summed E-state index contributed by atoms with van der Waals surface area (Å²) in [5.41, 5.74) is 16.3. The second-order valence-electron chi connectivity index (χ2n) is 17.2. The van der Waals surface area contributed by atoms with Gasteiger partial charge in [0, 0.05) is 49.5 Å². The number of rotatable bonds is 8. The van der Waals surface area contributed by atoms with E-state index in [1.165, 1.54) is 38.2 Å². The zero-order valence-corrected chi connectivity index (χ0v) is 36.9. The summed E-state index contributed by atoms with van der Waals surface area (Å²) in [6, 6.07) is 88.2. The Labute approximate surface area is 393 Å². The molecule has 0 unspecified atom stereocenters. The van der Waals surface area contributed by atoms with E-state index in [1.54, 1.807) is 0 Å². The number of benzene rings is 10. The molecule has 0 bridgehead atoms. The Kier molecular flexibility index (Phi) is 9.43. The summed E-state index contributed by atoms with van der Waals surface area (Å²) in [6.45, 7) is 0. The van der Waals surface area contributed by atoms with Crippen molar-refractivity contribution in [1.82, 2.24) is 24.1 Å². The van der Waals surface area contributed by atoms with Crippen molar-refractivity contribution in [2.75, 3.05) is 0 Å². The van der Waals surface area contributed by atoms with E-state index in [1.807, 2.05) is 18.2 Å². The van der Waals surface area contributed by atoms with Crippen LogP contribution in [0.1, 0.15) is 0 Å². The average Bonchev–Trinajstić information content (AvgIpc) is 3.94. The topological polar surface area (TPSA) is 48.5 Å². The predicted molar refractivity (Wildman–Crippen MR) is 281 cm³/mol. The first kappa shape index (κ1) is 39.2. The van der Waals surface area contributed by atoms with Gasteiger partial charge in [-0.05, 0) is 88.5 Å². The Balaban J connectivity index is 0.986. The Morgan fingerprint density at radius 3 is 1.18 bits per heavy atom. The van der Waals surface area contributed by atoms with Crippen LogP contribution in [0.25, 0.3) is 123 Å². The van der Waals surface area contributed by atoms with Gasteiger partial charge in [0.1, 0.15) is 0 Å². The molecular weight excluding hydrogens is 827 g/mol. The Bertz CT molecular complexity index is 3910. The smallest absolute Gasteiger partial charge is 0.164 e. The fourth-order valence-electron chi connectivity index (χ4n) is 9.97. The van der Waals surface area contributed by atoms with Crippen LogP contribution in [-0.2, 0) is 0 Å². The van der Waals surface area contributed by atoms with E-state index in [9.17, 15) is 0 Å². The highest BCUT2D eigenvalue weighted by Gasteiger charge is 2.20. The fourth-order valence-corrected chi connectivity index (χ4v) is 9.97. The van der Waals surface area contributed by atoms with Crippen molar-refractivity contribution < 1.29 is 0 Å². The third-order valence-corrected chi connectivity index (χ3v) is 13.2. The van der Waals surface area contributed by atoms with Crippen molar-refractivity contribution in [3.8, 4) is 78.9 Å². The molecule has 0 fully saturated rings. The predicted octanol–water partition coefficient (Wildman–Crippen LogP) is 16.1. The van der Waals surface area contributed by atoms with Crippen molar-refractivity contribution >= 4 is 43.6 Å². The number of hydrogen-bond acceptors (Lipinski definition) is 3. The molecule has 0 atom stereocenters. The third-order valence-electron chi connectivity index (χ3n) is 13.2. The summed E-state index contributed by atoms with van der Waals surface area (Å²) in [5.74, 6) is 1.81. The highest BCUT2D eigenvalue weighted by atomic mass is 15.0. The molecule has 68 heavy (non-hydrogen) atoms.